The van der Waals surface area contributed by atoms with Gasteiger partial charge in [0.25, 0.3) is 0 Å². The maximum atomic E-state index is 11.4. The van der Waals surface area contributed by atoms with Gasteiger partial charge in [0.05, 0.1) is 24.5 Å². The largest absolute Gasteiger partial charge is 0.332 e. The number of amides is 1. The van der Waals surface area contributed by atoms with Crippen molar-refractivity contribution in [3.63, 3.8) is 0 Å². The van der Waals surface area contributed by atoms with Gasteiger partial charge >= 0.3 is 0 Å². The molecule has 2 saturated heterocycles. The van der Waals surface area contributed by atoms with Crippen molar-refractivity contribution < 1.29 is 18.0 Å². The molecule has 0 saturated carbocycles. The molecule has 2 fully saturated rings. The highest BCUT2D eigenvalue weighted by atomic mass is 32.2. The minimum absolute atomic E-state index is 0.0107. The molecule has 0 aliphatic carbocycles. The Kier molecular flexibility index (Phi) is 2.54. The Morgan fingerprint density at radius 2 is 1.73 bits per heavy atom. The van der Waals surface area contributed by atoms with Crippen LogP contribution in [0.25, 0.3) is 0 Å². The molecule has 0 spiro atoms. The van der Waals surface area contributed by atoms with Crippen LogP contribution >= 0.6 is 0 Å². The first kappa shape index (κ1) is 10.6. The molecule has 0 aromatic carbocycles. The smallest absolute Gasteiger partial charge is 0.230 e. The summed E-state index contributed by atoms with van der Waals surface area (Å²) in [6, 6.07) is -0.0486. The van der Waals surface area contributed by atoms with Gasteiger partial charge in [0, 0.05) is 6.04 Å². The van der Waals surface area contributed by atoms with E-state index in [0.29, 0.717) is 12.8 Å². The third-order valence-corrected chi connectivity index (χ3v) is 4.70. The van der Waals surface area contributed by atoms with Crippen LogP contribution in [0, 0.1) is 0 Å². The lowest BCUT2D eigenvalue weighted by molar-refractivity contribution is -0.129. The second kappa shape index (κ2) is 3.59. The van der Waals surface area contributed by atoms with E-state index in [1.807, 2.05) is 0 Å². The SMILES string of the molecule is O=C1CC(=O)N(C2CCS(=O)(=O)CC2)C1. The minimum atomic E-state index is -2.90. The Hall–Kier alpha value is -0.910. The molecule has 2 aliphatic heterocycles. The first-order chi connectivity index (χ1) is 6.98. The van der Waals surface area contributed by atoms with Crippen molar-refractivity contribution in [3.05, 3.63) is 0 Å². The molecule has 0 atom stereocenters. The standard InChI is InChI=1S/C9H13NO4S/c11-8-5-9(12)10(6-8)7-1-3-15(13,14)4-2-7/h7H,1-6H2. The number of Topliss-reactive ketones (excluding diaryl/α,β-unsaturated/α-hetero) is 1. The summed E-state index contributed by atoms with van der Waals surface area (Å²) in [5.41, 5.74) is 0. The van der Waals surface area contributed by atoms with Gasteiger partial charge in [0.2, 0.25) is 5.91 Å². The molecule has 0 aromatic rings. The number of hydrogen-bond donors (Lipinski definition) is 0. The molecule has 0 aromatic heterocycles. The number of hydrogen-bond acceptors (Lipinski definition) is 4. The first-order valence-corrected chi connectivity index (χ1v) is 6.82. The second-order valence-corrected chi connectivity index (χ2v) is 6.42. The maximum Gasteiger partial charge on any atom is 0.230 e. The lowest BCUT2D eigenvalue weighted by Crippen LogP contribution is -2.42. The Labute approximate surface area is 88.4 Å². The van der Waals surface area contributed by atoms with Gasteiger partial charge in [-0.2, -0.15) is 0 Å². The predicted molar refractivity (Wildman–Crippen MR) is 53.0 cm³/mol. The molecule has 6 heteroatoms. The van der Waals surface area contributed by atoms with Gasteiger partial charge in [0.15, 0.2) is 5.78 Å². The number of carbonyl (C=O) groups excluding carboxylic acids is 2. The second-order valence-electron chi connectivity index (χ2n) is 4.12. The van der Waals surface area contributed by atoms with Crippen LogP contribution in [-0.4, -0.2) is 49.1 Å². The van der Waals surface area contributed by atoms with Crippen LogP contribution in [0.5, 0.6) is 0 Å². The van der Waals surface area contributed by atoms with Crippen molar-refractivity contribution >= 4 is 21.5 Å². The van der Waals surface area contributed by atoms with Crippen molar-refractivity contribution in [3.8, 4) is 0 Å². The van der Waals surface area contributed by atoms with Crippen LogP contribution in [0.2, 0.25) is 0 Å². The molecule has 84 valence electrons. The third-order valence-electron chi connectivity index (χ3n) is 2.98. The molecule has 0 N–H and O–H groups in total. The molecular weight excluding hydrogens is 218 g/mol. The number of carbonyl (C=O) groups is 2. The molecular formula is C9H13NO4S. The summed E-state index contributed by atoms with van der Waals surface area (Å²) in [6.07, 6.45) is 0.936. The van der Waals surface area contributed by atoms with Crippen LogP contribution in [0.15, 0.2) is 0 Å². The zero-order valence-corrected chi connectivity index (χ0v) is 9.12. The Morgan fingerprint density at radius 1 is 1.13 bits per heavy atom. The summed E-state index contributed by atoms with van der Waals surface area (Å²) in [6.45, 7) is 0.170. The zero-order chi connectivity index (χ0) is 11.1. The topological polar surface area (TPSA) is 71.5 Å². The first-order valence-electron chi connectivity index (χ1n) is 4.99. The zero-order valence-electron chi connectivity index (χ0n) is 8.31. The highest BCUT2D eigenvalue weighted by Gasteiger charge is 2.35. The summed E-state index contributed by atoms with van der Waals surface area (Å²) < 4.78 is 22.4. The molecule has 2 heterocycles. The van der Waals surface area contributed by atoms with Crippen LogP contribution in [-0.2, 0) is 19.4 Å². The molecule has 2 rings (SSSR count). The van der Waals surface area contributed by atoms with Gasteiger partial charge in [-0.1, -0.05) is 0 Å². The van der Waals surface area contributed by atoms with E-state index in [2.05, 4.69) is 0 Å². The molecule has 0 unspecified atom stereocenters. The van der Waals surface area contributed by atoms with Crippen molar-refractivity contribution in [2.24, 2.45) is 0 Å². The Bertz CT molecular complexity index is 386. The van der Waals surface area contributed by atoms with Crippen LogP contribution in [0.4, 0.5) is 0 Å². The average molecular weight is 231 g/mol. The fourth-order valence-corrected chi connectivity index (χ4v) is 3.59. The average Bonchev–Trinajstić information content (AvgIpc) is 2.45. The van der Waals surface area contributed by atoms with E-state index in [0.717, 1.165) is 0 Å². The van der Waals surface area contributed by atoms with E-state index in [1.54, 1.807) is 0 Å². The Morgan fingerprint density at radius 3 is 2.20 bits per heavy atom. The van der Waals surface area contributed by atoms with Gasteiger partial charge in [0.1, 0.15) is 9.84 Å². The number of rotatable bonds is 1. The normalized spacial score (nSPS) is 27.3. The third kappa shape index (κ3) is 2.19. The number of sulfone groups is 1. The van der Waals surface area contributed by atoms with E-state index in [1.165, 1.54) is 4.90 Å². The summed E-state index contributed by atoms with van der Waals surface area (Å²) in [7, 11) is -2.90. The number of nitrogens with zero attached hydrogens (tertiary/aromatic N) is 1. The van der Waals surface area contributed by atoms with Crippen LogP contribution in [0.1, 0.15) is 19.3 Å². The van der Waals surface area contributed by atoms with E-state index < -0.39 is 9.84 Å². The maximum absolute atomic E-state index is 11.4. The van der Waals surface area contributed by atoms with Crippen molar-refractivity contribution in [2.45, 2.75) is 25.3 Å². The monoisotopic (exact) mass is 231 g/mol. The lowest BCUT2D eigenvalue weighted by Gasteiger charge is -2.30. The summed E-state index contributed by atoms with van der Waals surface area (Å²) in [4.78, 5) is 24.0. The quantitative estimate of drug-likeness (QED) is 0.563. The highest BCUT2D eigenvalue weighted by Crippen LogP contribution is 2.21. The van der Waals surface area contributed by atoms with Gasteiger partial charge in [-0.15, -0.1) is 0 Å². The predicted octanol–water partition coefficient (Wildman–Crippen LogP) is -0.635. The molecule has 0 radical (unpaired) electrons. The van der Waals surface area contributed by atoms with Gasteiger partial charge in [-0.25, -0.2) is 8.42 Å². The Balaban J connectivity index is 2.02. The fraction of sp³-hybridized carbons (Fsp3) is 0.778. The molecule has 15 heavy (non-hydrogen) atoms. The molecule has 2 aliphatic rings. The number of ketones is 1. The van der Waals surface area contributed by atoms with Crippen LogP contribution < -0.4 is 0 Å². The van der Waals surface area contributed by atoms with Gasteiger partial charge in [-0.3, -0.25) is 9.59 Å². The van der Waals surface area contributed by atoms with Gasteiger partial charge < -0.3 is 4.90 Å². The fourth-order valence-electron chi connectivity index (χ4n) is 2.13. The van der Waals surface area contributed by atoms with Crippen molar-refractivity contribution in [1.29, 1.82) is 0 Å². The summed E-state index contributed by atoms with van der Waals surface area (Å²) >= 11 is 0. The lowest BCUT2D eigenvalue weighted by atomic mass is 10.1. The van der Waals surface area contributed by atoms with E-state index in [4.69, 9.17) is 0 Å². The highest BCUT2D eigenvalue weighted by molar-refractivity contribution is 7.91. The minimum Gasteiger partial charge on any atom is -0.332 e. The van der Waals surface area contributed by atoms with Crippen molar-refractivity contribution in [2.75, 3.05) is 18.1 Å². The van der Waals surface area contributed by atoms with Gasteiger partial charge in [-0.05, 0) is 12.8 Å². The number of likely N-dealkylation sites (tertiary alicyclic amines) is 1. The van der Waals surface area contributed by atoms with E-state index in [9.17, 15) is 18.0 Å². The molecule has 1 amide bonds. The van der Waals surface area contributed by atoms with E-state index >= 15 is 0 Å². The molecule has 5 nitrogen and oxygen atoms in total. The van der Waals surface area contributed by atoms with Crippen LogP contribution in [0.3, 0.4) is 0 Å². The van der Waals surface area contributed by atoms with E-state index in [-0.39, 0.29) is 42.2 Å². The van der Waals surface area contributed by atoms with Crippen molar-refractivity contribution in [1.82, 2.24) is 4.90 Å². The molecule has 0 bridgehead atoms. The summed E-state index contributed by atoms with van der Waals surface area (Å²) in [5, 5.41) is 0. The summed E-state index contributed by atoms with van der Waals surface area (Å²) in [5.74, 6) is 0.0587.